The molecular formula is C6H11NO4. The Kier molecular flexibility index (Phi) is 4.40. The first-order chi connectivity index (χ1) is 5.07. The SMILES string of the molecule is CC(=O)C(=O)NCC(O)CO. The van der Waals surface area contributed by atoms with Crippen molar-refractivity contribution in [3.63, 3.8) is 0 Å². The molecule has 0 aromatic carbocycles. The largest absolute Gasteiger partial charge is 0.394 e. The molecule has 0 bridgehead atoms. The maximum Gasteiger partial charge on any atom is 0.287 e. The predicted molar refractivity (Wildman–Crippen MR) is 36.8 cm³/mol. The van der Waals surface area contributed by atoms with E-state index in [4.69, 9.17) is 10.2 Å². The molecule has 0 fully saturated rings. The maximum absolute atomic E-state index is 10.5. The van der Waals surface area contributed by atoms with Gasteiger partial charge in [0, 0.05) is 13.5 Å². The molecule has 0 aromatic rings. The quantitative estimate of drug-likeness (QED) is 0.418. The van der Waals surface area contributed by atoms with Gasteiger partial charge in [-0.3, -0.25) is 9.59 Å². The highest BCUT2D eigenvalue weighted by Gasteiger charge is 2.08. The fourth-order valence-electron chi connectivity index (χ4n) is 0.400. The fourth-order valence-corrected chi connectivity index (χ4v) is 0.400. The minimum absolute atomic E-state index is 0.102. The summed E-state index contributed by atoms with van der Waals surface area (Å²) in [6, 6.07) is 0. The summed E-state index contributed by atoms with van der Waals surface area (Å²) in [7, 11) is 0. The minimum Gasteiger partial charge on any atom is -0.394 e. The van der Waals surface area contributed by atoms with E-state index in [2.05, 4.69) is 5.32 Å². The zero-order valence-corrected chi connectivity index (χ0v) is 6.20. The lowest BCUT2D eigenvalue weighted by atomic mass is 10.3. The molecule has 0 saturated heterocycles. The second-order valence-electron chi connectivity index (χ2n) is 2.10. The Bertz CT molecular complexity index is 157. The molecule has 0 saturated carbocycles. The highest BCUT2D eigenvalue weighted by molar-refractivity contribution is 6.35. The summed E-state index contributed by atoms with van der Waals surface area (Å²) in [6.45, 7) is 0.591. The predicted octanol–water partition coefficient (Wildman–Crippen LogP) is -1.96. The number of carbonyl (C=O) groups excluding carboxylic acids is 2. The molecule has 5 heteroatoms. The first-order valence-corrected chi connectivity index (χ1v) is 3.15. The minimum atomic E-state index is -1.00. The Morgan fingerprint density at radius 3 is 2.45 bits per heavy atom. The zero-order valence-electron chi connectivity index (χ0n) is 6.20. The van der Waals surface area contributed by atoms with Gasteiger partial charge in [0.1, 0.15) is 0 Å². The van der Waals surface area contributed by atoms with E-state index in [9.17, 15) is 9.59 Å². The Balaban J connectivity index is 3.54. The third-order valence-electron chi connectivity index (χ3n) is 1.03. The van der Waals surface area contributed by atoms with Crippen LogP contribution in [-0.4, -0.2) is 41.2 Å². The van der Waals surface area contributed by atoms with Gasteiger partial charge >= 0.3 is 0 Å². The number of rotatable bonds is 4. The highest BCUT2D eigenvalue weighted by atomic mass is 16.3. The topological polar surface area (TPSA) is 86.6 Å². The van der Waals surface area contributed by atoms with Gasteiger partial charge in [0.05, 0.1) is 12.7 Å². The molecular weight excluding hydrogens is 150 g/mol. The Morgan fingerprint density at radius 2 is 2.09 bits per heavy atom. The first-order valence-electron chi connectivity index (χ1n) is 3.15. The van der Waals surface area contributed by atoms with Crippen LogP contribution in [0, 0.1) is 0 Å². The van der Waals surface area contributed by atoms with Crippen molar-refractivity contribution in [3.05, 3.63) is 0 Å². The zero-order chi connectivity index (χ0) is 8.85. The normalized spacial score (nSPS) is 12.3. The number of aliphatic hydroxyl groups excluding tert-OH is 2. The van der Waals surface area contributed by atoms with Gasteiger partial charge in [-0.2, -0.15) is 0 Å². The molecule has 0 aliphatic heterocycles. The molecule has 0 aliphatic carbocycles. The van der Waals surface area contributed by atoms with Crippen LogP contribution in [0.2, 0.25) is 0 Å². The summed E-state index contributed by atoms with van der Waals surface area (Å²) < 4.78 is 0. The van der Waals surface area contributed by atoms with Crippen LogP contribution in [0.5, 0.6) is 0 Å². The van der Waals surface area contributed by atoms with Crippen molar-refractivity contribution >= 4 is 11.7 Å². The molecule has 0 aliphatic rings. The summed E-state index contributed by atoms with van der Waals surface area (Å²) in [6.07, 6.45) is -1.00. The maximum atomic E-state index is 10.5. The van der Waals surface area contributed by atoms with Crippen molar-refractivity contribution in [2.45, 2.75) is 13.0 Å². The van der Waals surface area contributed by atoms with Gasteiger partial charge < -0.3 is 15.5 Å². The lowest BCUT2D eigenvalue weighted by molar-refractivity contribution is -0.137. The second-order valence-corrected chi connectivity index (χ2v) is 2.10. The first kappa shape index (κ1) is 10.1. The molecule has 3 N–H and O–H groups in total. The van der Waals surface area contributed by atoms with Crippen molar-refractivity contribution in [1.29, 1.82) is 0 Å². The van der Waals surface area contributed by atoms with Gasteiger partial charge in [-0.15, -0.1) is 0 Å². The van der Waals surface area contributed by atoms with E-state index >= 15 is 0 Å². The number of nitrogens with one attached hydrogen (secondary N) is 1. The van der Waals surface area contributed by atoms with E-state index in [0.717, 1.165) is 6.92 Å². The molecule has 0 rings (SSSR count). The third-order valence-corrected chi connectivity index (χ3v) is 1.03. The number of aliphatic hydroxyl groups is 2. The van der Waals surface area contributed by atoms with E-state index in [-0.39, 0.29) is 6.54 Å². The summed E-state index contributed by atoms with van der Waals surface area (Å²) in [5, 5.41) is 19.1. The number of amides is 1. The van der Waals surface area contributed by atoms with Gasteiger partial charge in [-0.05, 0) is 0 Å². The Labute approximate surface area is 64.0 Å². The van der Waals surface area contributed by atoms with Crippen LogP contribution in [0.4, 0.5) is 0 Å². The highest BCUT2D eigenvalue weighted by Crippen LogP contribution is 1.77. The number of ketones is 1. The Hall–Kier alpha value is -0.940. The number of hydrogen-bond donors (Lipinski definition) is 3. The van der Waals surface area contributed by atoms with Crippen LogP contribution < -0.4 is 5.32 Å². The van der Waals surface area contributed by atoms with Crippen LogP contribution in [0.25, 0.3) is 0 Å². The van der Waals surface area contributed by atoms with Crippen LogP contribution in [-0.2, 0) is 9.59 Å². The van der Waals surface area contributed by atoms with Crippen LogP contribution in [0.1, 0.15) is 6.92 Å². The number of Topliss-reactive ketones (excluding diaryl/α,β-unsaturated/α-hetero) is 1. The molecule has 64 valence electrons. The molecule has 0 spiro atoms. The average molecular weight is 161 g/mol. The smallest absolute Gasteiger partial charge is 0.287 e. The lowest BCUT2D eigenvalue weighted by Crippen LogP contribution is -2.36. The van der Waals surface area contributed by atoms with E-state index in [0.29, 0.717) is 0 Å². The van der Waals surface area contributed by atoms with Crippen LogP contribution in [0.3, 0.4) is 0 Å². The van der Waals surface area contributed by atoms with E-state index in [1.54, 1.807) is 0 Å². The fraction of sp³-hybridized carbons (Fsp3) is 0.667. The van der Waals surface area contributed by atoms with Crippen molar-refractivity contribution in [2.75, 3.05) is 13.2 Å². The van der Waals surface area contributed by atoms with Gasteiger partial charge in [0.15, 0.2) is 0 Å². The second kappa shape index (κ2) is 4.81. The average Bonchev–Trinajstić information content (AvgIpc) is 1.99. The monoisotopic (exact) mass is 161 g/mol. The van der Waals surface area contributed by atoms with E-state index in [1.165, 1.54) is 0 Å². The summed E-state index contributed by atoms with van der Waals surface area (Å²) in [4.78, 5) is 20.8. The molecule has 5 nitrogen and oxygen atoms in total. The van der Waals surface area contributed by atoms with Crippen molar-refractivity contribution in [1.82, 2.24) is 5.32 Å². The van der Waals surface area contributed by atoms with Crippen molar-refractivity contribution < 1.29 is 19.8 Å². The third kappa shape index (κ3) is 4.46. The molecule has 1 unspecified atom stereocenters. The number of hydrogen-bond acceptors (Lipinski definition) is 4. The summed E-state index contributed by atoms with van der Waals surface area (Å²) in [5.74, 6) is -1.37. The Morgan fingerprint density at radius 1 is 1.55 bits per heavy atom. The van der Waals surface area contributed by atoms with Gasteiger partial charge in [-0.25, -0.2) is 0 Å². The van der Waals surface area contributed by atoms with E-state index < -0.39 is 24.4 Å². The van der Waals surface area contributed by atoms with Gasteiger partial charge in [0.25, 0.3) is 5.91 Å². The van der Waals surface area contributed by atoms with Crippen molar-refractivity contribution in [2.24, 2.45) is 0 Å². The van der Waals surface area contributed by atoms with Gasteiger partial charge in [0.2, 0.25) is 5.78 Å². The summed E-state index contributed by atoms with van der Waals surface area (Å²) >= 11 is 0. The molecule has 11 heavy (non-hydrogen) atoms. The van der Waals surface area contributed by atoms with Gasteiger partial charge in [-0.1, -0.05) is 0 Å². The summed E-state index contributed by atoms with van der Waals surface area (Å²) in [5.41, 5.74) is 0. The lowest BCUT2D eigenvalue weighted by Gasteiger charge is -2.06. The number of carbonyl (C=O) groups is 2. The molecule has 0 heterocycles. The molecule has 0 aromatic heterocycles. The van der Waals surface area contributed by atoms with Crippen LogP contribution >= 0.6 is 0 Å². The van der Waals surface area contributed by atoms with Crippen molar-refractivity contribution in [3.8, 4) is 0 Å². The molecule has 1 amide bonds. The van der Waals surface area contributed by atoms with Crippen LogP contribution in [0.15, 0.2) is 0 Å². The molecule has 0 radical (unpaired) electrons. The van der Waals surface area contributed by atoms with E-state index in [1.807, 2.05) is 0 Å². The molecule has 1 atom stereocenters. The standard InChI is InChI=1S/C6H11NO4/c1-4(9)6(11)7-2-5(10)3-8/h5,8,10H,2-3H2,1H3,(H,7,11).